The van der Waals surface area contributed by atoms with Crippen LogP contribution in [-0.2, 0) is 4.79 Å². The Morgan fingerprint density at radius 2 is 1.78 bits per heavy atom. The first kappa shape index (κ1) is 15.0. The van der Waals surface area contributed by atoms with Gasteiger partial charge in [-0.25, -0.2) is 4.98 Å². The number of anilines is 1. The second kappa shape index (κ2) is 6.48. The number of benzene rings is 2. The van der Waals surface area contributed by atoms with Crippen molar-refractivity contribution in [2.75, 3.05) is 18.6 Å². The molecule has 1 amide bonds. The fraction of sp³-hybridized carbons (Fsp3) is 0.158. The third kappa shape index (κ3) is 3.31. The molecule has 0 spiro atoms. The summed E-state index contributed by atoms with van der Waals surface area (Å²) in [7, 11) is 1.74. The summed E-state index contributed by atoms with van der Waals surface area (Å²) in [6.07, 6.45) is 0. The summed E-state index contributed by atoms with van der Waals surface area (Å²) in [4.78, 5) is 18.4. The van der Waals surface area contributed by atoms with E-state index in [9.17, 15) is 4.79 Å². The van der Waals surface area contributed by atoms with Crippen molar-refractivity contribution in [3.8, 4) is 5.75 Å². The predicted octanol–water partition coefficient (Wildman–Crippen LogP) is 3.59. The van der Waals surface area contributed by atoms with Gasteiger partial charge in [-0.3, -0.25) is 4.79 Å². The highest BCUT2D eigenvalue weighted by atomic mass is 16.5. The molecule has 23 heavy (non-hydrogen) atoms. The standard InChI is InChI=1S/C19H18N2O2/c1-14-18(12-15-8-6-7-11-17(15)20-14)23-13-19(22)21(2)16-9-4-3-5-10-16/h3-12H,13H2,1-2H3. The van der Waals surface area contributed by atoms with Crippen molar-refractivity contribution in [2.45, 2.75) is 6.92 Å². The van der Waals surface area contributed by atoms with Crippen LogP contribution in [0.15, 0.2) is 60.7 Å². The Kier molecular flexibility index (Phi) is 4.24. The van der Waals surface area contributed by atoms with Crippen molar-refractivity contribution in [2.24, 2.45) is 0 Å². The maximum absolute atomic E-state index is 12.3. The van der Waals surface area contributed by atoms with Crippen LogP contribution in [0.2, 0.25) is 0 Å². The topological polar surface area (TPSA) is 42.4 Å². The molecule has 1 heterocycles. The Labute approximate surface area is 135 Å². The van der Waals surface area contributed by atoms with Crippen LogP contribution in [-0.4, -0.2) is 24.5 Å². The molecule has 1 aromatic heterocycles. The minimum Gasteiger partial charge on any atom is -0.482 e. The predicted molar refractivity (Wildman–Crippen MR) is 91.8 cm³/mol. The summed E-state index contributed by atoms with van der Waals surface area (Å²) in [6.45, 7) is 1.86. The van der Waals surface area contributed by atoms with E-state index in [0.29, 0.717) is 5.75 Å². The average molecular weight is 306 g/mol. The molecule has 0 radical (unpaired) electrons. The molecule has 0 aliphatic carbocycles. The quantitative estimate of drug-likeness (QED) is 0.740. The second-order valence-corrected chi connectivity index (χ2v) is 5.34. The Balaban J connectivity index is 1.73. The van der Waals surface area contributed by atoms with Crippen LogP contribution in [0.5, 0.6) is 5.75 Å². The molecule has 3 aromatic rings. The number of nitrogens with zero attached hydrogens (tertiary/aromatic N) is 2. The van der Waals surface area contributed by atoms with Gasteiger partial charge >= 0.3 is 0 Å². The zero-order valence-electron chi connectivity index (χ0n) is 13.2. The first-order valence-electron chi connectivity index (χ1n) is 7.46. The molecule has 0 saturated carbocycles. The number of hydrogen-bond acceptors (Lipinski definition) is 3. The van der Waals surface area contributed by atoms with Crippen molar-refractivity contribution in [1.29, 1.82) is 0 Å². The summed E-state index contributed by atoms with van der Waals surface area (Å²) in [5.74, 6) is 0.530. The van der Waals surface area contributed by atoms with Gasteiger partial charge in [-0.15, -0.1) is 0 Å². The molecule has 0 aliphatic heterocycles. The normalized spacial score (nSPS) is 10.5. The van der Waals surface area contributed by atoms with E-state index < -0.39 is 0 Å². The second-order valence-electron chi connectivity index (χ2n) is 5.34. The third-order valence-corrected chi connectivity index (χ3v) is 3.74. The van der Waals surface area contributed by atoms with Crippen LogP contribution >= 0.6 is 0 Å². The first-order valence-corrected chi connectivity index (χ1v) is 7.46. The molecule has 0 N–H and O–H groups in total. The molecule has 4 nitrogen and oxygen atoms in total. The minimum atomic E-state index is -0.108. The van der Waals surface area contributed by atoms with Gasteiger partial charge in [0.15, 0.2) is 6.61 Å². The number of aryl methyl sites for hydroxylation is 1. The molecule has 0 bridgehead atoms. The number of para-hydroxylation sites is 2. The molecular weight excluding hydrogens is 288 g/mol. The zero-order chi connectivity index (χ0) is 16.2. The van der Waals surface area contributed by atoms with Gasteiger partial charge in [0.2, 0.25) is 0 Å². The minimum absolute atomic E-state index is 0.0216. The van der Waals surface area contributed by atoms with Crippen molar-refractivity contribution >= 4 is 22.5 Å². The maximum atomic E-state index is 12.3. The first-order chi connectivity index (χ1) is 11.1. The van der Waals surface area contributed by atoms with Gasteiger partial charge in [0, 0.05) is 18.1 Å². The van der Waals surface area contributed by atoms with Gasteiger partial charge in [0.1, 0.15) is 5.75 Å². The van der Waals surface area contributed by atoms with E-state index in [1.54, 1.807) is 11.9 Å². The molecule has 4 heteroatoms. The lowest BCUT2D eigenvalue weighted by Crippen LogP contribution is -2.31. The molecule has 0 atom stereocenters. The van der Waals surface area contributed by atoms with E-state index in [1.165, 1.54) is 0 Å². The number of likely N-dealkylation sites (N-methyl/N-ethyl adjacent to an activating group) is 1. The number of ether oxygens (including phenoxy) is 1. The van der Waals surface area contributed by atoms with Crippen LogP contribution in [0.1, 0.15) is 5.69 Å². The summed E-state index contributed by atoms with van der Waals surface area (Å²) in [5, 5.41) is 0.997. The van der Waals surface area contributed by atoms with Crippen molar-refractivity contribution < 1.29 is 9.53 Å². The highest BCUT2D eigenvalue weighted by Crippen LogP contribution is 2.22. The molecule has 0 aliphatic rings. The van der Waals surface area contributed by atoms with E-state index in [2.05, 4.69) is 4.98 Å². The van der Waals surface area contributed by atoms with E-state index in [-0.39, 0.29) is 12.5 Å². The highest BCUT2D eigenvalue weighted by Gasteiger charge is 2.12. The number of amides is 1. The summed E-state index contributed by atoms with van der Waals surface area (Å²) in [5.41, 5.74) is 2.54. The fourth-order valence-corrected chi connectivity index (χ4v) is 2.37. The SMILES string of the molecule is Cc1nc2ccccc2cc1OCC(=O)N(C)c1ccccc1. The summed E-state index contributed by atoms with van der Waals surface area (Å²) < 4.78 is 5.70. The van der Waals surface area contributed by atoms with Gasteiger partial charge in [0.25, 0.3) is 5.91 Å². The van der Waals surface area contributed by atoms with Gasteiger partial charge in [-0.1, -0.05) is 36.4 Å². The molecule has 2 aromatic carbocycles. The Morgan fingerprint density at radius 1 is 1.09 bits per heavy atom. The molecular formula is C19H18N2O2. The van der Waals surface area contributed by atoms with Crippen LogP contribution < -0.4 is 9.64 Å². The van der Waals surface area contributed by atoms with E-state index in [4.69, 9.17) is 4.74 Å². The number of aromatic nitrogens is 1. The zero-order valence-corrected chi connectivity index (χ0v) is 13.2. The van der Waals surface area contributed by atoms with Gasteiger partial charge in [-0.05, 0) is 31.2 Å². The number of rotatable bonds is 4. The van der Waals surface area contributed by atoms with E-state index in [0.717, 1.165) is 22.3 Å². The van der Waals surface area contributed by atoms with Crippen molar-refractivity contribution in [1.82, 2.24) is 4.98 Å². The Hall–Kier alpha value is -2.88. The molecule has 116 valence electrons. The smallest absolute Gasteiger partial charge is 0.264 e. The highest BCUT2D eigenvalue weighted by molar-refractivity contribution is 5.94. The number of fused-ring (bicyclic) bond motifs is 1. The lowest BCUT2D eigenvalue weighted by atomic mass is 10.2. The molecule has 0 saturated heterocycles. The summed E-state index contributed by atoms with van der Waals surface area (Å²) >= 11 is 0. The number of carbonyl (C=O) groups excluding carboxylic acids is 1. The van der Waals surface area contributed by atoms with Gasteiger partial charge in [-0.2, -0.15) is 0 Å². The van der Waals surface area contributed by atoms with Gasteiger partial charge < -0.3 is 9.64 Å². The van der Waals surface area contributed by atoms with Crippen molar-refractivity contribution in [3.05, 3.63) is 66.4 Å². The number of pyridine rings is 1. The van der Waals surface area contributed by atoms with Crippen LogP contribution in [0.25, 0.3) is 10.9 Å². The van der Waals surface area contributed by atoms with Crippen LogP contribution in [0.4, 0.5) is 5.69 Å². The Bertz CT molecular complexity index is 831. The van der Waals surface area contributed by atoms with Crippen LogP contribution in [0, 0.1) is 6.92 Å². The van der Waals surface area contributed by atoms with Gasteiger partial charge in [0.05, 0.1) is 11.2 Å². The fourth-order valence-electron chi connectivity index (χ4n) is 2.37. The number of carbonyl (C=O) groups is 1. The van der Waals surface area contributed by atoms with E-state index in [1.807, 2.05) is 67.6 Å². The molecule has 0 fully saturated rings. The average Bonchev–Trinajstić information content (AvgIpc) is 2.59. The third-order valence-electron chi connectivity index (χ3n) is 3.74. The van der Waals surface area contributed by atoms with E-state index >= 15 is 0 Å². The monoisotopic (exact) mass is 306 g/mol. The lowest BCUT2D eigenvalue weighted by molar-refractivity contribution is -0.120. The summed E-state index contributed by atoms with van der Waals surface area (Å²) in [6, 6.07) is 19.3. The largest absolute Gasteiger partial charge is 0.482 e. The Morgan fingerprint density at radius 3 is 2.57 bits per heavy atom. The van der Waals surface area contributed by atoms with Crippen LogP contribution in [0.3, 0.4) is 0 Å². The molecule has 0 unspecified atom stereocenters. The lowest BCUT2D eigenvalue weighted by Gasteiger charge is -2.18. The number of hydrogen-bond donors (Lipinski definition) is 0. The maximum Gasteiger partial charge on any atom is 0.264 e. The van der Waals surface area contributed by atoms with Crippen molar-refractivity contribution in [3.63, 3.8) is 0 Å². The molecule has 3 rings (SSSR count).